The zero-order valence-corrected chi connectivity index (χ0v) is 9.04. The summed E-state index contributed by atoms with van der Waals surface area (Å²) < 4.78 is 0. The van der Waals surface area contributed by atoms with Crippen LogP contribution in [0.25, 0.3) is 0 Å². The molecule has 0 aliphatic rings. The molecule has 3 heteroatoms. The first-order valence-corrected chi connectivity index (χ1v) is 4.87. The van der Waals surface area contributed by atoms with E-state index in [0.717, 1.165) is 12.2 Å². The number of rotatable bonds is 3. The average Bonchev–Trinajstić information content (AvgIpc) is 2.17. The highest BCUT2D eigenvalue weighted by atomic mass is 35.5. The number of aromatic nitrogens is 1. The predicted molar refractivity (Wildman–Crippen MR) is 57.4 cm³/mol. The van der Waals surface area contributed by atoms with Gasteiger partial charge in [-0.2, -0.15) is 0 Å². The molecule has 0 aromatic carbocycles. The van der Waals surface area contributed by atoms with Gasteiger partial charge in [0.1, 0.15) is 5.82 Å². The zero-order chi connectivity index (χ0) is 9.84. The molecule has 1 unspecified atom stereocenters. The molecule has 72 valence electrons. The maximum atomic E-state index is 5.75. The van der Waals surface area contributed by atoms with Gasteiger partial charge in [-0.1, -0.05) is 18.5 Å². The van der Waals surface area contributed by atoms with E-state index in [1.54, 1.807) is 6.20 Å². The fraction of sp³-hybridized carbons (Fsp3) is 0.500. The molecule has 1 heterocycles. The largest absolute Gasteiger partial charge is 0.357 e. The van der Waals surface area contributed by atoms with Gasteiger partial charge in [-0.25, -0.2) is 4.98 Å². The minimum absolute atomic E-state index is 0.508. The molecule has 0 aliphatic carbocycles. The summed E-state index contributed by atoms with van der Waals surface area (Å²) in [5.41, 5.74) is 0. The second-order valence-corrected chi connectivity index (χ2v) is 3.64. The van der Waals surface area contributed by atoms with Crippen LogP contribution < -0.4 is 4.90 Å². The van der Waals surface area contributed by atoms with Crippen molar-refractivity contribution in [2.45, 2.75) is 26.3 Å². The van der Waals surface area contributed by atoms with E-state index in [9.17, 15) is 0 Å². The molecule has 1 atom stereocenters. The smallest absolute Gasteiger partial charge is 0.128 e. The van der Waals surface area contributed by atoms with Crippen LogP contribution in [-0.4, -0.2) is 18.1 Å². The molecule has 13 heavy (non-hydrogen) atoms. The normalized spacial score (nSPS) is 12.6. The van der Waals surface area contributed by atoms with Gasteiger partial charge in [-0.15, -0.1) is 0 Å². The SMILES string of the molecule is CCC(C)N(C)c1ccc(Cl)cn1. The van der Waals surface area contributed by atoms with Crippen LogP contribution in [0, 0.1) is 0 Å². The van der Waals surface area contributed by atoms with Crippen molar-refractivity contribution >= 4 is 17.4 Å². The van der Waals surface area contributed by atoms with Gasteiger partial charge in [0.05, 0.1) is 5.02 Å². The van der Waals surface area contributed by atoms with Crippen molar-refractivity contribution < 1.29 is 0 Å². The highest BCUT2D eigenvalue weighted by Crippen LogP contribution is 2.15. The van der Waals surface area contributed by atoms with Crippen molar-refractivity contribution in [3.63, 3.8) is 0 Å². The lowest BCUT2D eigenvalue weighted by Crippen LogP contribution is -2.28. The quantitative estimate of drug-likeness (QED) is 0.743. The number of pyridine rings is 1. The summed E-state index contributed by atoms with van der Waals surface area (Å²) in [6, 6.07) is 4.31. The summed E-state index contributed by atoms with van der Waals surface area (Å²) in [6.07, 6.45) is 2.79. The average molecular weight is 199 g/mol. The standard InChI is InChI=1S/C10H15ClN2/c1-4-8(2)13(3)10-6-5-9(11)7-12-10/h5-8H,4H2,1-3H3. The van der Waals surface area contributed by atoms with Crippen molar-refractivity contribution in [1.29, 1.82) is 0 Å². The lowest BCUT2D eigenvalue weighted by Gasteiger charge is -2.24. The van der Waals surface area contributed by atoms with E-state index in [-0.39, 0.29) is 0 Å². The van der Waals surface area contributed by atoms with E-state index in [0.29, 0.717) is 11.1 Å². The highest BCUT2D eigenvalue weighted by molar-refractivity contribution is 6.30. The fourth-order valence-electron chi connectivity index (χ4n) is 1.08. The number of halogens is 1. The fourth-order valence-corrected chi connectivity index (χ4v) is 1.19. The molecule has 0 saturated heterocycles. The third-order valence-electron chi connectivity index (χ3n) is 2.33. The Labute approximate surface area is 84.5 Å². The summed E-state index contributed by atoms with van der Waals surface area (Å²) >= 11 is 5.75. The Morgan fingerprint density at radius 2 is 2.23 bits per heavy atom. The Balaban J connectivity index is 2.77. The zero-order valence-electron chi connectivity index (χ0n) is 8.29. The molecular weight excluding hydrogens is 184 g/mol. The van der Waals surface area contributed by atoms with Gasteiger partial charge in [-0.05, 0) is 25.5 Å². The minimum atomic E-state index is 0.508. The lowest BCUT2D eigenvalue weighted by atomic mass is 10.2. The maximum absolute atomic E-state index is 5.75. The van der Waals surface area contributed by atoms with E-state index in [2.05, 4.69) is 23.7 Å². The summed E-state index contributed by atoms with van der Waals surface area (Å²) in [5, 5.41) is 0.682. The topological polar surface area (TPSA) is 16.1 Å². The molecule has 0 spiro atoms. The van der Waals surface area contributed by atoms with Gasteiger partial charge in [0.2, 0.25) is 0 Å². The number of anilines is 1. The van der Waals surface area contributed by atoms with Crippen molar-refractivity contribution in [1.82, 2.24) is 4.98 Å². The molecule has 1 rings (SSSR count). The van der Waals surface area contributed by atoms with E-state index in [1.807, 2.05) is 19.2 Å². The van der Waals surface area contributed by atoms with Crippen LogP contribution in [0.5, 0.6) is 0 Å². The Morgan fingerprint density at radius 3 is 2.69 bits per heavy atom. The Bertz CT molecular complexity index is 258. The monoisotopic (exact) mass is 198 g/mol. The molecule has 0 bridgehead atoms. The first-order chi connectivity index (χ1) is 6.15. The van der Waals surface area contributed by atoms with Crippen molar-refractivity contribution in [3.05, 3.63) is 23.4 Å². The van der Waals surface area contributed by atoms with Crippen molar-refractivity contribution in [2.24, 2.45) is 0 Å². The van der Waals surface area contributed by atoms with Crippen LogP contribution in [0.1, 0.15) is 20.3 Å². The summed E-state index contributed by atoms with van der Waals surface area (Å²) in [5.74, 6) is 0.971. The van der Waals surface area contributed by atoms with E-state index >= 15 is 0 Å². The van der Waals surface area contributed by atoms with Crippen LogP contribution in [0.2, 0.25) is 5.02 Å². The van der Waals surface area contributed by atoms with Crippen LogP contribution in [-0.2, 0) is 0 Å². The van der Waals surface area contributed by atoms with E-state index in [4.69, 9.17) is 11.6 Å². The first-order valence-electron chi connectivity index (χ1n) is 4.49. The molecule has 0 amide bonds. The number of nitrogens with zero attached hydrogens (tertiary/aromatic N) is 2. The molecule has 0 saturated carbocycles. The van der Waals surface area contributed by atoms with Gasteiger partial charge in [-0.3, -0.25) is 0 Å². The predicted octanol–water partition coefficient (Wildman–Crippen LogP) is 2.97. The van der Waals surface area contributed by atoms with Crippen LogP contribution in [0.15, 0.2) is 18.3 Å². The highest BCUT2D eigenvalue weighted by Gasteiger charge is 2.07. The second-order valence-electron chi connectivity index (χ2n) is 3.20. The Morgan fingerprint density at radius 1 is 1.54 bits per heavy atom. The molecule has 0 fully saturated rings. The third kappa shape index (κ3) is 2.59. The number of hydrogen-bond acceptors (Lipinski definition) is 2. The molecule has 0 aliphatic heterocycles. The lowest BCUT2D eigenvalue weighted by molar-refractivity contribution is 0.657. The maximum Gasteiger partial charge on any atom is 0.128 e. The van der Waals surface area contributed by atoms with Gasteiger partial charge < -0.3 is 4.90 Å². The third-order valence-corrected chi connectivity index (χ3v) is 2.55. The minimum Gasteiger partial charge on any atom is -0.357 e. The van der Waals surface area contributed by atoms with E-state index < -0.39 is 0 Å². The Hall–Kier alpha value is -0.760. The van der Waals surface area contributed by atoms with Gasteiger partial charge >= 0.3 is 0 Å². The van der Waals surface area contributed by atoms with Crippen molar-refractivity contribution in [3.8, 4) is 0 Å². The molecule has 1 aromatic heterocycles. The Kier molecular flexibility index (Phi) is 3.55. The molecule has 1 aromatic rings. The van der Waals surface area contributed by atoms with Crippen molar-refractivity contribution in [2.75, 3.05) is 11.9 Å². The first kappa shape index (κ1) is 10.3. The molecule has 0 N–H and O–H groups in total. The van der Waals surface area contributed by atoms with Gasteiger partial charge in [0.15, 0.2) is 0 Å². The summed E-state index contributed by atoms with van der Waals surface area (Å²) in [6.45, 7) is 4.34. The molecular formula is C10H15ClN2. The molecule has 2 nitrogen and oxygen atoms in total. The summed E-state index contributed by atoms with van der Waals surface area (Å²) in [7, 11) is 2.05. The van der Waals surface area contributed by atoms with Crippen LogP contribution in [0.3, 0.4) is 0 Å². The van der Waals surface area contributed by atoms with Crippen LogP contribution in [0.4, 0.5) is 5.82 Å². The van der Waals surface area contributed by atoms with Crippen LogP contribution >= 0.6 is 11.6 Å². The van der Waals surface area contributed by atoms with Gasteiger partial charge in [0, 0.05) is 19.3 Å². The van der Waals surface area contributed by atoms with Gasteiger partial charge in [0.25, 0.3) is 0 Å². The second kappa shape index (κ2) is 4.47. The number of hydrogen-bond donors (Lipinski definition) is 0. The summed E-state index contributed by atoms with van der Waals surface area (Å²) in [4.78, 5) is 6.39. The molecule has 0 radical (unpaired) electrons. The van der Waals surface area contributed by atoms with E-state index in [1.165, 1.54) is 0 Å².